The number of likely N-dealkylation sites (tertiary alicyclic amines) is 1. The number of anilines is 1. The van der Waals surface area contributed by atoms with Gasteiger partial charge in [0.1, 0.15) is 12.2 Å². The van der Waals surface area contributed by atoms with E-state index in [1.54, 1.807) is 41.9 Å². The van der Waals surface area contributed by atoms with Crippen LogP contribution in [-0.2, 0) is 38.1 Å². The lowest BCUT2D eigenvalue weighted by molar-refractivity contribution is -0.138. The lowest BCUT2D eigenvalue weighted by atomic mass is 9.60. The maximum Gasteiger partial charge on any atom is 0.416 e. The molecule has 3 aliphatic rings. The fourth-order valence-corrected chi connectivity index (χ4v) is 6.36. The molecule has 0 bridgehead atoms. The van der Waals surface area contributed by atoms with Gasteiger partial charge in [-0.3, -0.25) is 9.69 Å². The Morgan fingerprint density at radius 1 is 1.05 bits per heavy atom. The summed E-state index contributed by atoms with van der Waals surface area (Å²) in [6, 6.07) is 9.44. The van der Waals surface area contributed by atoms with Gasteiger partial charge in [0.2, 0.25) is 5.92 Å². The molecule has 39 heavy (non-hydrogen) atoms. The van der Waals surface area contributed by atoms with Crippen LogP contribution < -0.4 is 4.90 Å². The first-order valence-electron chi connectivity index (χ1n) is 13.0. The highest BCUT2D eigenvalue weighted by molar-refractivity contribution is 6.10. The topological polar surface area (TPSA) is 54.3 Å². The highest BCUT2D eigenvalue weighted by Crippen LogP contribution is 2.55. The van der Waals surface area contributed by atoms with E-state index in [2.05, 4.69) is 15.1 Å². The number of rotatable bonds is 6. The summed E-state index contributed by atoms with van der Waals surface area (Å²) < 4.78 is 72.5. The Bertz CT molecular complexity index is 1420. The third kappa shape index (κ3) is 4.70. The average molecular weight is 546 g/mol. The fourth-order valence-electron chi connectivity index (χ4n) is 6.36. The van der Waals surface area contributed by atoms with Crippen molar-refractivity contribution < 1.29 is 26.7 Å². The van der Waals surface area contributed by atoms with Gasteiger partial charge in [0.05, 0.1) is 12.1 Å². The summed E-state index contributed by atoms with van der Waals surface area (Å²) in [5.41, 5.74) is -0.264. The standard InChI is InChI=1S/C28H28F5N5O/c1-36-17-34-35-24(36)12-26(15-27(29,30)16-26)19-5-4-6-20(11-19)38-14-22-21(25(38)39)9-18(10-23(22)28(31,32)33)13-37-7-2-3-8-37/h4-6,9-11,17H,2-3,7-8,12-16H2,1H3. The molecule has 3 heterocycles. The van der Waals surface area contributed by atoms with Gasteiger partial charge in [0.15, 0.2) is 0 Å². The van der Waals surface area contributed by atoms with Crippen molar-refractivity contribution in [2.45, 2.75) is 62.7 Å². The van der Waals surface area contributed by atoms with Crippen LogP contribution in [-0.4, -0.2) is 44.6 Å². The number of hydrogen-bond donors (Lipinski definition) is 0. The molecule has 2 fully saturated rings. The minimum atomic E-state index is -4.61. The van der Waals surface area contributed by atoms with Crippen molar-refractivity contribution in [3.63, 3.8) is 0 Å². The maximum atomic E-state index is 14.2. The van der Waals surface area contributed by atoms with E-state index in [1.165, 1.54) is 11.2 Å². The fraction of sp³-hybridized carbons (Fsp3) is 0.464. The second kappa shape index (κ2) is 9.11. The summed E-state index contributed by atoms with van der Waals surface area (Å²) in [5.74, 6) is -2.79. The first kappa shape index (κ1) is 25.9. The van der Waals surface area contributed by atoms with E-state index in [0.717, 1.165) is 32.0 Å². The molecule has 0 N–H and O–H groups in total. The van der Waals surface area contributed by atoms with E-state index < -0.39 is 29.0 Å². The molecule has 0 unspecified atom stereocenters. The Labute approximate surface area is 222 Å². The lowest BCUT2D eigenvalue weighted by Gasteiger charge is -2.48. The van der Waals surface area contributed by atoms with Crippen LogP contribution in [0.1, 0.15) is 64.1 Å². The number of aryl methyl sites for hydroxylation is 1. The SMILES string of the molecule is Cn1cnnc1CC1(c2cccc(N3Cc4c(cc(CN5CCCC5)cc4C(F)(F)F)C3=O)c2)CC(F)(F)C1. The normalized spacial score (nSPS) is 20.4. The van der Waals surface area contributed by atoms with Crippen LogP contribution in [0.2, 0.25) is 0 Å². The summed E-state index contributed by atoms with van der Waals surface area (Å²) in [5, 5.41) is 7.92. The number of alkyl halides is 5. The van der Waals surface area contributed by atoms with E-state index in [0.29, 0.717) is 29.2 Å². The molecule has 0 spiro atoms. The van der Waals surface area contributed by atoms with Gasteiger partial charge in [0, 0.05) is 49.5 Å². The monoisotopic (exact) mass is 545 g/mol. The van der Waals surface area contributed by atoms with Crippen molar-refractivity contribution in [3.8, 4) is 0 Å². The predicted molar refractivity (Wildman–Crippen MR) is 133 cm³/mol. The van der Waals surface area contributed by atoms with E-state index in [4.69, 9.17) is 0 Å². The highest BCUT2D eigenvalue weighted by Gasteiger charge is 2.57. The zero-order chi connectivity index (χ0) is 27.6. The van der Waals surface area contributed by atoms with E-state index in [-0.39, 0.29) is 36.9 Å². The molecule has 6 nitrogen and oxygen atoms in total. The van der Waals surface area contributed by atoms with Gasteiger partial charge < -0.3 is 9.47 Å². The van der Waals surface area contributed by atoms with Crippen molar-refractivity contribution in [1.29, 1.82) is 0 Å². The second-order valence-electron chi connectivity index (χ2n) is 11.1. The molecule has 3 aromatic rings. The van der Waals surface area contributed by atoms with Crippen LogP contribution in [0.4, 0.5) is 27.6 Å². The van der Waals surface area contributed by atoms with Gasteiger partial charge in [0.25, 0.3) is 5.91 Å². The summed E-state index contributed by atoms with van der Waals surface area (Å²) in [6.45, 7) is 1.77. The molecular weight excluding hydrogens is 517 g/mol. The quantitative estimate of drug-likeness (QED) is 0.384. The van der Waals surface area contributed by atoms with Gasteiger partial charge >= 0.3 is 6.18 Å². The van der Waals surface area contributed by atoms with Crippen LogP contribution in [0.5, 0.6) is 0 Å². The molecule has 206 valence electrons. The zero-order valence-corrected chi connectivity index (χ0v) is 21.4. The number of hydrogen-bond acceptors (Lipinski definition) is 4. The number of halogens is 5. The van der Waals surface area contributed by atoms with Crippen LogP contribution in [0.15, 0.2) is 42.7 Å². The van der Waals surface area contributed by atoms with Gasteiger partial charge in [-0.2, -0.15) is 13.2 Å². The third-order valence-electron chi connectivity index (χ3n) is 8.28. The zero-order valence-electron chi connectivity index (χ0n) is 21.4. The average Bonchev–Trinajstić information content (AvgIpc) is 3.59. The van der Waals surface area contributed by atoms with Crippen molar-refractivity contribution in [2.24, 2.45) is 7.05 Å². The molecule has 1 amide bonds. The summed E-state index contributed by atoms with van der Waals surface area (Å²) >= 11 is 0. The number of aromatic nitrogens is 3. The first-order valence-corrected chi connectivity index (χ1v) is 13.0. The number of benzene rings is 2. The summed E-state index contributed by atoms with van der Waals surface area (Å²) in [6.07, 6.45) is -1.64. The van der Waals surface area contributed by atoms with Crippen LogP contribution in [0.25, 0.3) is 0 Å². The maximum absolute atomic E-state index is 14.2. The molecule has 1 saturated carbocycles. The number of carbonyl (C=O) groups excluding carboxylic acids is 1. The molecule has 0 atom stereocenters. The highest BCUT2D eigenvalue weighted by atomic mass is 19.4. The third-order valence-corrected chi connectivity index (χ3v) is 8.28. The molecule has 11 heteroatoms. The predicted octanol–water partition coefficient (Wildman–Crippen LogP) is 5.50. The summed E-state index contributed by atoms with van der Waals surface area (Å²) in [4.78, 5) is 16.9. The number of nitrogens with zero attached hydrogens (tertiary/aromatic N) is 5. The number of carbonyl (C=O) groups is 1. The largest absolute Gasteiger partial charge is 0.416 e. The minimum Gasteiger partial charge on any atom is -0.321 e. The molecule has 1 saturated heterocycles. The van der Waals surface area contributed by atoms with Crippen molar-refractivity contribution >= 4 is 11.6 Å². The molecule has 6 rings (SSSR count). The molecular formula is C28H28F5N5O. The molecule has 2 aromatic carbocycles. The van der Waals surface area contributed by atoms with Crippen LogP contribution in [0.3, 0.4) is 0 Å². The Kier molecular flexibility index (Phi) is 6.05. The Hall–Kier alpha value is -3.34. The smallest absolute Gasteiger partial charge is 0.321 e. The molecule has 0 radical (unpaired) electrons. The van der Waals surface area contributed by atoms with Crippen LogP contribution in [0, 0.1) is 0 Å². The van der Waals surface area contributed by atoms with E-state index >= 15 is 0 Å². The van der Waals surface area contributed by atoms with E-state index in [1.807, 2.05) is 0 Å². The van der Waals surface area contributed by atoms with Crippen LogP contribution >= 0.6 is 0 Å². The van der Waals surface area contributed by atoms with Crippen molar-refractivity contribution in [3.05, 3.63) is 76.4 Å². The molecule has 1 aliphatic carbocycles. The van der Waals surface area contributed by atoms with Gasteiger partial charge in [-0.05, 0) is 66.9 Å². The molecule has 2 aliphatic heterocycles. The van der Waals surface area contributed by atoms with Crippen molar-refractivity contribution in [2.75, 3.05) is 18.0 Å². The van der Waals surface area contributed by atoms with Gasteiger partial charge in [-0.25, -0.2) is 8.78 Å². The minimum absolute atomic E-state index is 0.0490. The Balaban J connectivity index is 1.34. The summed E-state index contributed by atoms with van der Waals surface area (Å²) in [7, 11) is 1.74. The lowest BCUT2D eigenvalue weighted by Crippen LogP contribution is -2.51. The van der Waals surface area contributed by atoms with Gasteiger partial charge in [-0.1, -0.05) is 12.1 Å². The number of amides is 1. The van der Waals surface area contributed by atoms with Gasteiger partial charge in [-0.15, -0.1) is 10.2 Å². The van der Waals surface area contributed by atoms with Crippen molar-refractivity contribution in [1.82, 2.24) is 19.7 Å². The Morgan fingerprint density at radius 3 is 2.44 bits per heavy atom. The number of fused-ring (bicyclic) bond motifs is 1. The van der Waals surface area contributed by atoms with E-state index in [9.17, 15) is 26.7 Å². The second-order valence-corrected chi connectivity index (χ2v) is 11.1. The Morgan fingerprint density at radius 2 is 1.79 bits per heavy atom. The first-order chi connectivity index (χ1) is 18.4. The molecule has 1 aromatic heterocycles.